The molecule has 0 bridgehead atoms. The number of hydrogen-bond donors (Lipinski definition) is 3. The number of nitrogens with zero attached hydrogens (tertiary/aromatic N) is 2. The van der Waals surface area contributed by atoms with Gasteiger partial charge in [0.25, 0.3) is 5.91 Å². The van der Waals surface area contributed by atoms with Gasteiger partial charge in [0.1, 0.15) is 35.1 Å². The SMILES string of the molecule is CC[C@@H]1C[C@]1(NC(=O)[C@@H]1C[C@@H](Oc2nccc3cc(OC)ccc23)CN1C(=O)[C@H](NC(=O)OC(C)(C)C)C1CCC(F)(F)CC1)C(=O)NS(=O)(=O)OC1CC1. The number of pyridine rings is 1. The van der Waals surface area contributed by atoms with E-state index in [4.69, 9.17) is 18.4 Å². The number of alkyl halides is 2. The zero-order valence-electron chi connectivity index (χ0n) is 31.6. The second-order valence-electron chi connectivity index (χ2n) is 16.0. The lowest BCUT2D eigenvalue weighted by molar-refractivity contribution is -0.143. The molecule has 18 heteroatoms. The number of fused-ring (bicyclic) bond motifs is 1. The molecule has 6 rings (SSSR count). The first-order valence-corrected chi connectivity index (χ1v) is 20.1. The molecule has 1 aromatic carbocycles. The minimum absolute atomic E-state index is 0.0773. The topological polar surface area (TPSA) is 192 Å². The van der Waals surface area contributed by atoms with Crippen molar-refractivity contribution in [2.45, 2.75) is 127 Å². The summed E-state index contributed by atoms with van der Waals surface area (Å²) in [6, 6.07) is 4.45. The fourth-order valence-corrected chi connectivity index (χ4v) is 8.47. The monoisotopic (exact) mass is 793 g/mol. The summed E-state index contributed by atoms with van der Waals surface area (Å²) >= 11 is 0. The highest BCUT2D eigenvalue weighted by Gasteiger charge is 2.62. The lowest BCUT2D eigenvalue weighted by Gasteiger charge is -2.36. The third-order valence-electron chi connectivity index (χ3n) is 10.6. The van der Waals surface area contributed by atoms with Crippen LogP contribution in [-0.2, 0) is 33.6 Å². The largest absolute Gasteiger partial charge is 0.497 e. The molecule has 2 heterocycles. The van der Waals surface area contributed by atoms with E-state index in [1.165, 1.54) is 12.0 Å². The van der Waals surface area contributed by atoms with Crippen molar-refractivity contribution in [3.63, 3.8) is 0 Å². The van der Waals surface area contributed by atoms with Gasteiger partial charge in [0.15, 0.2) is 0 Å². The fourth-order valence-electron chi connectivity index (χ4n) is 7.46. The van der Waals surface area contributed by atoms with E-state index in [1.807, 2.05) is 4.72 Å². The summed E-state index contributed by atoms with van der Waals surface area (Å²) < 4.78 is 77.9. The zero-order chi connectivity index (χ0) is 39.9. The number of carbonyl (C=O) groups is 4. The summed E-state index contributed by atoms with van der Waals surface area (Å²) in [5.74, 6) is -5.64. The van der Waals surface area contributed by atoms with Gasteiger partial charge in [-0.05, 0) is 94.4 Å². The van der Waals surface area contributed by atoms with E-state index in [1.54, 1.807) is 58.2 Å². The quantitative estimate of drug-likeness (QED) is 0.264. The third kappa shape index (κ3) is 9.56. The summed E-state index contributed by atoms with van der Waals surface area (Å²) in [6.45, 7) is 6.55. The number of aromatic nitrogens is 1. The molecule has 1 aromatic heterocycles. The Kier molecular flexibility index (Phi) is 11.2. The van der Waals surface area contributed by atoms with Gasteiger partial charge in [-0.15, -0.1) is 0 Å². The van der Waals surface area contributed by atoms with Crippen molar-refractivity contribution in [3.8, 4) is 11.6 Å². The number of ether oxygens (including phenoxy) is 3. The van der Waals surface area contributed by atoms with Gasteiger partial charge in [-0.2, -0.15) is 8.42 Å². The van der Waals surface area contributed by atoms with Crippen LogP contribution in [0.4, 0.5) is 13.6 Å². The molecule has 4 aliphatic rings. The van der Waals surface area contributed by atoms with Crippen LogP contribution in [-0.4, -0.2) is 97.1 Å². The van der Waals surface area contributed by atoms with Gasteiger partial charge in [0.05, 0.1) is 19.8 Å². The Balaban J connectivity index is 1.29. The predicted octanol–water partition coefficient (Wildman–Crippen LogP) is 4.14. The molecule has 5 atom stereocenters. The second kappa shape index (κ2) is 15.3. The minimum Gasteiger partial charge on any atom is -0.497 e. The molecule has 55 heavy (non-hydrogen) atoms. The maximum Gasteiger partial charge on any atom is 0.408 e. The van der Waals surface area contributed by atoms with Crippen molar-refractivity contribution in [2.24, 2.45) is 11.8 Å². The number of methoxy groups -OCH3 is 1. The number of benzene rings is 1. The van der Waals surface area contributed by atoms with Crippen molar-refractivity contribution in [2.75, 3.05) is 13.7 Å². The molecule has 1 aliphatic heterocycles. The summed E-state index contributed by atoms with van der Waals surface area (Å²) in [5.41, 5.74) is -2.53. The van der Waals surface area contributed by atoms with Crippen molar-refractivity contribution in [1.29, 1.82) is 0 Å². The number of alkyl carbamates (subject to hydrolysis) is 1. The number of likely N-dealkylation sites (tertiary alicyclic amines) is 1. The maximum atomic E-state index is 14.7. The fraction of sp³-hybridized carbons (Fsp3) is 0.649. The standard InChI is InChI=1S/C37H49F2N5O10S/c1-6-23-19-37(23,33(47)43-55(49,50)54-24-7-8-24)42-30(45)28-18-26(52-31-27-10-9-25(51-5)17-22(27)13-16-40-31)20-44(28)32(46)29(41-34(48)53-35(2,3)4)21-11-14-36(38,39)15-12-21/h9-10,13,16-17,21,23-24,26,28-29H,6-8,11-12,14-15,18-20H2,1-5H3,(H,41,48)(H,42,45)(H,43,47)/t23-,26-,28+,29-,37-/m1/s1. The van der Waals surface area contributed by atoms with Gasteiger partial charge < -0.3 is 29.7 Å². The number of rotatable bonds is 13. The molecular formula is C37H49F2N5O10S. The van der Waals surface area contributed by atoms with Crippen LogP contribution in [0.15, 0.2) is 30.5 Å². The van der Waals surface area contributed by atoms with Gasteiger partial charge in [0, 0.05) is 30.8 Å². The Bertz CT molecular complexity index is 1910. The van der Waals surface area contributed by atoms with Crippen LogP contribution in [0.5, 0.6) is 11.6 Å². The summed E-state index contributed by atoms with van der Waals surface area (Å²) in [5, 5.41) is 6.75. The Morgan fingerprint density at radius 1 is 1.05 bits per heavy atom. The number of nitrogens with one attached hydrogen (secondary N) is 3. The molecular weight excluding hydrogens is 744 g/mol. The molecule has 15 nitrogen and oxygen atoms in total. The second-order valence-corrected chi connectivity index (χ2v) is 17.3. The average molecular weight is 794 g/mol. The lowest BCUT2D eigenvalue weighted by Crippen LogP contribution is -2.59. The lowest BCUT2D eigenvalue weighted by atomic mass is 9.81. The minimum atomic E-state index is -4.45. The first kappa shape index (κ1) is 40.3. The summed E-state index contributed by atoms with van der Waals surface area (Å²) in [6.07, 6.45) is -0.284. The molecule has 0 spiro atoms. The van der Waals surface area contributed by atoms with Crippen LogP contribution in [0, 0.1) is 11.8 Å². The number of carbonyl (C=O) groups excluding carboxylic acids is 4. The van der Waals surface area contributed by atoms with Crippen molar-refractivity contribution in [3.05, 3.63) is 30.5 Å². The van der Waals surface area contributed by atoms with Crippen LogP contribution in [0.3, 0.4) is 0 Å². The zero-order valence-corrected chi connectivity index (χ0v) is 32.4. The molecule has 4 amide bonds. The Morgan fingerprint density at radius 3 is 2.38 bits per heavy atom. The van der Waals surface area contributed by atoms with E-state index in [-0.39, 0.29) is 38.1 Å². The Hall–Kier alpha value is -4.32. The van der Waals surface area contributed by atoms with E-state index < -0.39 is 100 Å². The molecule has 0 unspecified atom stereocenters. The third-order valence-corrected chi connectivity index (χ3v) is 11.5. The molecule has 3 saturated carbocycles. The van der Waals surface area contributed by atoms with Crippen molar-refractivity contribution in [1.82, 2.24) is 25.2 Å². The van der Waals surface area contributed by atoms with Crippen molar-refractivity contribution >= 4 is 44.9 Å². The normalized spacial score (nSPS) is 25.8. The Morgan fingerprint density at radius 2 is 1.76 bits per heavy atom. The van der Waals surface area contributed by atoms with Crippen LogP contribution in [0.25, 0.3) is 10.8 Å². The van der Waals surface area contributed by atoms with E-state index in [0.29, 0.717) is 30.4 Å². The molecule has 302 valence electrons. The van der Waals surface area contributed by atoms with Crippen LogP contribution in [0.1, 0.15) is 85.5 Å². The molecule has 3 aliphatic carbocycles. The molecule has 3 N–H and O–H groups in total. The van der Waals surface area contributed by atoms with E-state index in [2.05, 4.69) is 15.6 Å². The molecule has 2 aromatic rings. The van der Waals surface area contributed by atoms with Crippen LogP contribution < -0.4 is 24.8 Å². The highest BCUT2D eigenvalue weighted by Crippen LogP contribution is 2.47. The summed E-state index contributed by atoms with van der Waals surface area (Å²) in [4.78, 5) is 61.3. The highest BCUT2D eigenvalue weighted by atomic mass is 32.2. The van der Waals surface area contributed by atoms with Gasteiger partial charge in [0.2, 0.25) is 23.6 Å². The van der Waals surface area contributed by atoms with E-state index in [9.17, 15) is 36.4 Å². The summed E-state index contributed by atoms with van der Waals surface area (Å²) in [7, 11) is -2.91. The highest BCUT2D eigenvalue weighted by molar-refractivity contribution is 7.85. The van der Waals surface area contributed by atoms with Crippen LogP contribution in [0.2, 0.25) is 0 Å². The van der Waals surface area contributed by atoms with Gasteiger partial charge in [-0.25, -0.2) is 23.3 Å². The number of hydrogen-bond acceptors (Lipinski definition) is 11. The van der Waals surface area contributed by atoms with E-state index >= 15 is 0 Å². The van der Waals surface area contributed by atoms with Crippen molar-refractivity contribution < 1.29 is 54.8 Å². The maximum absolute atomic E-state index is 14.7. The van der Waals surface area contributed by atoms with Gasteiger partial charge >= 0.3 is 16.4 Å². The smallest absolute Gasteiger partial charge is 0.408 e. The molecule has 0 radical (unpaired) electrons. The average Bonchev–Trinajstić information content (AvgIpc) is 4.02. The first-order chi connectivity index (χ1) is 25.8. The predicted molar refractivity (Wildman–Crippen MR) is 193 cm³/mol. The number of amides is 4. The molecule has 1 saturated heterocycles. The van der Waals surface area contributed by atoms with Gasteiger partial charge in [-0.3, -0.25) is 18.6 Å². The molecule has 4 fully saturated rings. The first-order valence-electron chi connectivity index (χ1n) is 18.7. The number of halogens is 2. The Labute approximate surface area is 318 Å². The van der Waals surface area contributed by atoms with E-state index in [0.717, 1.165) is 5.39 Å². The van der Waals surface area contributed by atoms with Crippen LogP contribution >= 0.6 is 0 Å². The van der Waals surface area contributed by atoms with Gasteiger partial charge in [-0.1, -0.05) is 13.3 Å².